The molecule has 0 saturated carbocycles. The zero-order chi connectivity index (χ0) is 14.5. The quantitative estimate of drug-likeness (QED) is 0.664. The number of nitrogens with one attached hydrogen (secondary N) is 1. The van der Waals surface area contributed by atoms with Crippen LogP contribution in [0.4, 0.5) is 0 Å². The Bertz CT molecular complexity index is 297. The minimum atomic E-state index is -0.593. The molecular formula is C14H30N4O. The molecule has 1 amide bonds. The van der Waals surface area contributed by atoms with E-state index in [4.69, 9.17) is 5.73 Å². The van der Waals surface area contributed by atoms with Crippen LogP contribution in [0.2, 0.25) is 0 Å². The third kappa shape index (κ3) is 4.75. The summed E-state index contributed by atoms with van der Waals surface area (Å²) in [5.74, 6) is -0.263. The Hall–Kier alpha value is -0.650. The van der Waals surface area contributed by atoms with Gasteiger partial charge in [0.2, 0.25) is 5.91 Å². The molecule has 0 aromatic rings. The highest BCUT2D eigenvalue weighted by Crippen LogP contribution is 2.16. The second kappa shape index (κ2) is 7.22. The average molecular weight is 270 g/mol. The van der Waals surface area contributed by atoms with Crippen LogP contribution in [-0.4, -0.2) is 67.6 Å². The maximum atomic E-state index is 11.6. The summed E-state index contributed by atoms with van der Waals surface area (Å²) in [6.45, 7) is 7.81. The van der Waals surface area contributed by atoms with E-state index >= 15 is 0 Å². The van der Waals surface area contributed by atoms with Crippen LogP contribution >= 0.6 is 0 Å². The van der Waals surface area contributed by atoms with Gasteiger partial charge < -0.3 is 20.9 Å². The maximum Gasteiger partial charge on any atom is 0.237 e. The molecule has 1 rings (SSSR count). The Labute approximate surface area is 117 Å². The van der Waals surface area contributed by atoms with Crippen molar-refractivity contribution in [3.63, 3.8) is 0 Å². The van der Waals surface area contributed by atoms with Gasteiger partial charge in [0, 0.05) is 19.1 Å². The van der Waals surface area contributed by atoms with Crippen molar-refractivity contribution in [1.82, 2.24) is 15.1 Å². The van der Waals surface area contributed by atoms with Gasteiger partial charge in [0.25, 0.3) is 0 Å². The van der Waals surface area contributed by atoms with E-state index in [0.717, 1.165) is 26.1 Å². The smallest absolute Gasteiger partial charge is 0.237 e. The van der Waals surface area contributed by atoms with Crippen LogP contribution in [0.1, 0.15) is 33.1 Å². The van der Waals surface area contributed by atoms with Gasteiger partial charge in [-0.1, -0.05) is 6.92 Å². The Kier molecular flexibility index (Phi) is 6.23. The maximum absolute atomic E-state index is 11.6. The molecule has 1 aliphatic heterocycles. The first-order valence-electron chi connectivity index (χ1n) is 7.32. The SMILES string of the molecule is CCNC(C)(CCN(C)CC1CCCN1C)C(N)=O. The van der Waals surface area contributed by atoms with Gasteiger partial charge in [-0.15, -0.1) is 0 Å². The van der Waals surface area contributed by atoms with Crippen molar-refractivity contribution in [2.75, 3.05) is 40.3 Å². The Balaban J connectivity index is 2.39. The number of primary amides is 1. The fourth-order valence-corrected chi connectivity index (χ4v) is 2.76. The van der Waals surface area contributed by atoms with E-state index in [1.54, 1.807) is 0 Å². The molecule has 1 fully saturated rings. The average Bonchev–Trinajstić information content (AvgIpc) is 2.73. The van der Waals surface area contributed by atoms with Crippen LogP contribution in [0.25, 0.3) is 0 Å². The summed E-state index contributed by atoms with van der Waals surface area (Å²) < 4.78 is 0. The highest BCUT2D eigenvalue weighted by atomic mass is 16.1. The molecule has 1 aliphatic rings. The number of rotatable bonds is 8. The zero-order valence-corrected chi connectivity index (χ0v) is 12.9. The standard InChI is InChI=1S/C14H30N4O/c1-5-16-14(2,13(15)19)8-10-17(3)11-12-7-6-9-18(12)4/h12,16H,5-11H2,1-4H3,(H2,15,19). The summed E-state index contributed by atoms with van der Waals surface area (Å²) in [6, 6.07) is 0.656. The van der Waals surface area contributed by atoms with Crippen molar-refractivity contribution in [1.29, 1.82) is 0 Å². The van der Waals surface area contributed by atoms with Gasteiger partial charge in [-0.2, -0.15) is 0 Å². The Morgan fingerprint density at radius 3 is 2.74 bits per heavy atom. The summed E-state index contributed by atoms with van der Waals surface area (Å²) in [4.78, 5) is 16.3. The summed E-state index contributed by atoms with van der Waals surface area (Å²) in [5.41, 5.74) is 4.91. The molecule has 1 saturated heterocycles. The molecule has 112 valence electrons. The van der Waals surface area contributed by atoms with Gasteiger partial charge in [-0.25, -0.2) is 0 Å². The van der Waals surface area contributed by atoms with E-state index in [1.165, 1.54) is 19.4 Å². The van der Waals surface area contributed by atoms with E-state index < -0.39 is 5.54 Å². The highest BCUT2D eigenvalue weighted by molar-refractivity contribution is 5.84. The minimum absolute atomic E-state index is 0.263. The monoisotopic (exact) mass is 270 g/mol. The molecule has 2 atom stereocenters. The molecule has 5 heteroatoms. The molecule has 0 aromatic carbocycles. The second-order valence-corrected chi connectivity index (χ2v) is 6.02. The number of carbonyl (C=O) groups is 1. The number of hydrogen-bond acceptors (Lipinski definition) is 4. The van der Waals surface area contributed by atoms with Gasteiger partial charge in [0.05, 0.1) is 5.54 Å². The van der Waals surface area contributed by atoms with Gasteiger partial charge >= 0.3 is 0 Å². The van der Waals surface area contributed by atoms with Crippen LogP contribution < -0.4 is 11.1 Å². The molecule has 0 bridgehead atoms. The third-order valence-corrected chi connectivity index (χ3v) is 4.30. The van der Waals surface area contributed by atoms with Crippen molar-refractivity contribution in [2.45, 2.75) is 44.7 Å². The Morgan fingerprint density at radius 1 is 1.58 bits per heavy atom. The highest BCUT2D eigenvalue weighted by Gasteiger charge is 2.30. The van der Waals surface area contributed by atoms with Gasteiger partial charge in [-0.3, -0.25) is 4.79 Å². The van der Waals surface area contributed by atoms with Crippen LogP contribution in [-0.2, 0) is 4.79 Å². The summed E-state index contributed by atoms with van der Waals surface area (Å²) in [6.07, 6.45) is 3.33. The summed E-state index contributed by atoms with van der Waals surface area (Å²) >= 11 is 0. The number of amides is 1. The summed E-state index contributed by atoms with van der Waals surface area (Å²) in [7, 11) is 4.32. The summed E-state index contributed by atoms with van der Waals surface area (Å²) in [5, 5.41) is 3.20. The van der Waals surface area contributed by atoms with E-state index in [2.05, 4.69) is 29.2 Å². The van der Waals surface area contributed by atoms with Crippen LogP contribution in [0.15, 0.2) is 0 Å². The number of nitrogens with zero attached hydrogens (tertiary/aromatic N) is 2. The topological polar surface area (TPSA) is 61.6 Å². The number of likely N-dealkylation sites (N-methyl/N-ethyl adjacent to an activating group) is 3. The number of nitrogens with two attached hydrogens (primary N) is 1. The van der Waals surface area contributed by atoms with Crippen LogP contribution in [0.5, 0.6) is 0 Å². The van der Waals surface area contributed by atoms with Gasteiger partial charge in [0.1, 0.15) is 0 Å². The molecule has 0 spiro atoms. The molecule has 5 nitrogen and oxygen atoms in total. The number of hydrogen-bond donors (Lipinski definition) is 2. The molecular weight excluding hydrogens is 240 g/mol. The second-order valence-electron chi connectivity index (χ2n) is 6.02. The van der Waals surface area contributed by atoms with Crippen molar-refractivity contribution >= 4 is 5.91 Å². The van der Waals surface area contributed by atoms with Crippen molar-refractivity contribution in [2.24, 2.45) is 5.73 Å². The third-order valence-electron chi connectivity index (χ3n) is 4.30. The zero-order valence-electron chi connectivity index (χ0n) is 12.9. The fourth-order valence-electron chi connectivity index (χ4n) is 2.76. The molecule has 2 unspecified atom stereocenters. The van der Waals surface area contributed by atoms with Crippen molar-refractivity contribution < 1.29 is 4.79 Å². The lowest BCUT2D eigenvalue weighted by molar-refractivity contribution is -0.124. The molecule has 0 aromatic heterocycles. The number of likely N-dealkylation sites (tertiary alicyclic amines) is 1. The van der Waals surface area contributed by atoms with E-state index in [9.17, 15) is 4.79 Å². The first-order valence-corrected chi connectivity index (χ1v) is 7.32. The van der Waals surface area contributed by atoms with Crippen molar-refractivity contribution in [3.05, 3.63) is 0 Å². The Morgan fingerprint density at radius 2 is 2.26 bits per heavy atom. The predicted molar refractivity (Wildman–Crippen MR) is 79.0 cm³/mol. The first kappa shape index (κ1) is 16.4. The van der Waals surface area contributed by atoms with Crippen LogP contribution in [0, 0.1) is 0 Å². The minimum Gasteiger partial charge on any atom is -0.368 e. The largest absolute Gasteiger partial charge is 0.368 e. The molecule has 0 radical (unpaired) electrons. The molecule has 1 heterocycles. The fraction of sp³-hybridized carbons (Fsp3) is 0.929. The van der Waals surface area contributed by atoms with Gasteiger partial charge in [0.15, 0.2) is 0 Å². The molecule has 0 aliphatic carbocycles. The normalized spacial score (nSPS) is 23.7. The molecule has 3 N–H and O–H groups in total. The van der Waals surface area contributed by atoms with Gasteiger partial charge in [-0.05, 0) is 53.4 Å². The van der Waals surface area contributed by atoms with Crippen LogP contribution in [0.3, 0.4) is 0 Å². The first-order chi connectivity index (χ1) is 8.89. The predicted octanol–water partition coefficient (Wildman–Crippen LogP) is 0.256. The lowest BCUT2D eigenvalue weighted by atomic mass is 9.96. The number of carbonyl (C=O) groups excluding carboxylic acids is 1. The van der Waals surface area contributed by atoms with E-state index in [1.807, 2.05) is 13.8 Å². The lowest BCUT2D eigenvalue weighted by Crippen LogP contribution is -2.54. The van der Waals surface area contributed by atoms with Crippen molar-refractivity contribution in [3.8, 4) is 0 Å². The van der Waals surface area contributed by atoms with E-state index in [0.29, 0.717) is 6.04 Å². The van der Waals surface area contributed by atoms with E-state index in [-0.39, 0.29) is 5.91 Å². The molecule has 19 heavy (non-hydrogen) atoms. The lowest BCUT2D eigenvalue weighted by Gasteiger charge is -2.31.